The third-order valence-electron chi connectivity index (χ3n) is 2.46. The van der Waals surface area contributed by atoms with Crippen molar-refractivity contribution in [3.05, 3.63) is 12.2 Å². The number of carbonyl (C=O) groups is 2. The van der Waals surface area contributed by atoms with Gasteiger partial charge in [-0.2, -0.15) is 0 Å². The Bertz CT molecular complexity index is 299. The van der Waals surface area contributed by atoms with Gasteiger partial charge < -0.3 is 15.5 Å². The molecule has 1 amide bonds. The van der Waals surface area contributed by atoms with Crippen molar-refractivity contribution in [3.63, 3.8) is 0 Å². The number of hydrogen-bond acceptors (Lipinski definition) is 3. The third kappa shape index (κ3) is 7.06. The topological polar surface area (TPSA) is 86.6 Å². The van der Waals surface area contributed by atoms with Gasteiger partial charge in [-0.25, -0.2) is 4.79 Å². The lowest BCUT2D eigenvalue weighted by atomic mass is 10.0. The first kappa shape index (κ1) is 16.6. The lowest BCUT2D eigenvalue weighted by molar-refractivity contribution is -0.143. The maximum atomic E-state index is 11.5. The molecule has 0 rings (SSSR count). The van der Waals surface area contributed by atoms with Gasteiger partial charge in [0.1, 0.15) is 6.04 Å². The second kappa shape index (κ2) is 8.69. The van der Waals surface area contributed by atoms with Crippen LogP contribution in [0.2, 0.25) is 0 Å². The SMILES string of the molecule is CCC/C=C/C(O)CC(=O)N[C@H](C(=O)O)C(C)C. The number of nitrogens with one attached hydrogen (secondary N) is 1. The zero-order chi connectivity index (χ0) is 14.1. The summed E-state index contributed by atoms with van der Waals surface area (Å²) in [7, 11) is 0. The number of unbranched alkanes of at least 4 members (excludes halogenated alkanes) is 1. The fourth-order valence-corrected chi connectivity index (χ4v) is 1.42. The Morgan fingerprint density at radius 1 is 1.33 bits per heavy atom. The van der Waals surface area contributed by atoms with Crippen molar-refractivity contribution in [2.45, 2.75) is 52.2 Å². The van der Waals surface area contributed by atoms with Gasteiger partial charge >= 0.3 is 5.97 Å². The largest absolute Gasteiger partial charge is 0.480 e. The van der Waals surface area contributed by atoms with Crippen LogP contribution in [0.1, 0.15) is 40.0 Å². The molecule has 5 heteroatoms. The van der Waals surface area contributed by atoms with Crippen LogP contribution in [0.4, 0.5) is 0 Å². The Kier molecular flexibility index (Phi) is 8.03. The molecule has 0 saturated heterocycles. The summed E-state index contributed by atoms with van der Waals surface area (Å²) < 4.78 is 0. The molecule has 104 valence electrons. The first-order valence-electron chi connectivity index (χ1n) is 6.25. The van der Waals surface area contributed by atoms with E-state index < -0.39 is 24.0 Å². The average Bonchev–Trinajstić information content (AvgIpc) is 2.25. The molecule has 3 N–H and O–H groups in total. The summed E-state index contributed by atoms with van der Waals surface area (Å²) >= 11 is 0. The van der Waals surface area contributed by atoms with Crippen LogP contribution in [0, 0.1) is 5.92 Å². The van der Waals surface area contributed by atoms with Crippen molar-refractivity contribution in [2.75, 3.05) is 0 Å². The summed E-state index contributed by atoms with van der Waals surface area (Å²) in [4.78, 5) is 22.4. The minimum atomic E-state index is -1.06. The van der Waals surface area contributed by atoms with Crippen molar-refractivity contribution in [1.29, 1.82) is 0 Å². The van der Waals surface area contributed by atoms with E-state index in [-0.39, 0.29) is 12.3 Å². The van der Waals surface area contributed by atoms with Crippen molar-refractivity contribution in [2.24, 2.45) is 5.92 Å². The summed E-state index contributed by atoms with van der Waals surface area (Å²) in [5, 5.41) is 20.9. The Morgan fingerprint density at radius 3 is 2.39 bits per heavy atom. The molecule has 18 heavy (non-hydrogen) atoms. The molecule has 0 aromatic heterocycles. The lowest BCUT2D eigenvalue weighted by Crippen LogP contribution is -2.45. The molecule has 0 radical (unpaired) electrons. The zero-order valence-electron chi connectivity index (χ0n) is 11.2. The molecule has 5 nitrogen and oxygen atoms in total. The number of aliphatic hydroxyl groups is 1. The molecule has 0 aromatic rings. The number of aliphatic carboxylic acids is 1. The van der Waals surface area contributed by atoms with E-state index in [1.807, 2.05) is 13.0 Å². The summed E-state index contributed by atoms with van der Waals surface area (Å²) in [6.45, 7) is 5.46. The maximum Gasteiger partial charge on any atom is 0.326 e. The van der Waals surface area contributed by atoms with E-state index >= 15 is 0 Å². The number of hydrogen-bond donors (Lipinski definition) is 3. The second-order valence-electron chi connectivity index (χ2n) is 4.62. The normalized spacial score (nSPS) is 14.7. The molecule has 0 aliphatic carbocycles. The summed E-state index contributed by atoms with van der Waals surface area (Å²) in [5.74, 6) is -1.71. The minimum Gasteiger partial charge on any atom is -0.480 e. The second-order valence-corrected chi connectivity index (χ2v) is 4.62. The standard InChI is InChI=1S/C13H23NO4/c1-4-5-6-7-10(15)8-11(16)14-12(9(2)3)13(17)18/h6-7,9-10,12,15H,4-5,8H2,1-3H3,(H,14,16)(H,17,18)/b7-6+/t10?,12-/m0/s1. The van der Waals surface area contributed by atoms with E-state index in [1.54, 1.807) is 19.9 Å². The van der Waals surface area contributed by atoms with Gasteiger partial charge in [0.05, 0.1) is 12.5 Å². The average molecular weight is 257 g/mol. The number of amides is 1. The van der Waals surface area contributed by atoms with Crippen LogP contribution < -0.4 is 5.32 Å². The van der Waals surface area contributed by atoms with Gasteiger partial charge in [0.15, 0.2) is 0 Å². The monoisotopic (exact) mass is 257 g/mol. The predicted molar refractivity (Wildman–Crippen MR) is 69.1 cm³/mol. The van der Waals surface area contributed by atoms with Gasteiger partial charge in [0.2, 0.25) is 5.91 Å². The van der Waals surface area contributed by atoms with Crippen LogP contribution in [-0.4, -0.2) is 34.2 Å². The van der Waals surface area contributed by atoms with Gasteiger partial charge in [-0.1, -0.05) is 39.3 Å². The predicted octanol–water partition coefficient (Wildman–Crippen LogP) is 1.32. The highest BCUT2D eigenvalue weighted by Crippen LogP contribution is 2.03. The van der Waals surface area contributed by atoms with Crippen LogP contribution >= 0.6 is 0 Å². The third-order valence-corrected chi connectivity index (χ3v) is 2.46. The molecule has 0 heterocycles. The zero-order valence-corrected chi connectivity index (χ0v) is 11.2. The molecular weight excluding hydrogens is 234 g/mol. The van der Waals surface area contributed by atoms with Crippen molar-refractivity contribution < 1.29 is 19.8 Å². The van der Waals surface area contributed by atoms with Gasteiger partial charge in [-0.15, -0.1) is 0 Å². The van der Waals surface area contributed by atoms with E-state index in [2.05, 4.69) is 5.32 Å². The molecule has 0 aliphatic rings. The van der Waals surface area contributed by atoms with Crippen molar-refractivity contribution in [3.8, 4) is 0 Å². The molecule has 0 saturated carbocycles. The number of allylic oxidation sites excluding steroid dienone is 1. The fourth-order valence-electron chi connectivity index (χ4n) is 1.42. The van der Waals surface area contributed by atoms with E-state index in [0.29, 0.717) is 0 Å². The number of rotatable bonds is 8. The molecule has 1 unspecified atom stereocenters. The highest BCUT2D eigenvalue weighted by atomic mass is 16.4. The maximum absolute atomic E-state index is 11.5. The Labute approximate surface area is 108 Å². The van der Waals surface area contributed by atoms with Crippen molar-refractivity contribution >= 4 is 11.9 Å². The van der Waals surface area contributed by atoms with Crippen LogP contribution in [0.15, 0.2) is 12.2 Å². The molecular formula is C13H23NO4. The van der Waals surface area contributed by atoms with Gasteiger partial charge in [-0.05, 0) is 12.3 Å². The minimum absolute atomic E-state index is 0.114. The molecule has 0 fully saturated rings. The van der Waals surface area contributed by atoms with Crippen molar-refractivity contribution in [1.82, 2.24) is 5.32 Å². The molecule has 0 aliphatic heterocycles. The first-order chi connectivity index (χ1) is 8.38. The quantitative estimate of drug-likeness (QED) is 0.572. The van der Waals surface area contributed by atoms with Crippen LogP contribution in [0.3, 0.4) is 0 Å². The Balaban J connectivity index is 4.20. The van der Waals surface area contributed by atoms with Crippen LogP contribution in [-0.2, 0) is 9.59 Å². The van der Waals surface area contributed by atoms with Crippen LogP contribution in [0.5, 0.6) is 0 Å². The molecule has 0 aromatic carbocycles. The smallest absolute Gasteiger partial charge is 0.326 e. The molecule has 0 spiro atoms. The first-order valence-corrected chi connectivity index (χ1v) is 6.25. The number of aliphatic hydroxyl groups excluding tert-OH is 1. The van der Waals surface area contributed by atoms with Gasteiger partial charge in [0, 0.05) is 0 Å². The molecule has 2 atom stereocenters. The summed E-state index contributed by atoms with van der Waals surface area (Å²) in [6.07, 6.45) is 4.23. The van der Waals surface area contributed by atoms with Crippen LogP contribution in [0.25, 0.3) is 0 Å². The van der Waals surface area contributed by atoms with E-state index in [9.17, 15) is 14.7 Å². The summed E-state index contributed by atoms with van der Waals surface area (Å²) in [5.41, 5.74) is 0. The Hall–Kier alpha value is -1.36. The highest BCUT2D eigenvalue weighted by Gasteiger charge is 2.23. The van der Waals surface area contributed by atoms with Gasteiger partial charge in [0.25, 0.3) is 0 Å². The number of carboxylic acids is 1. The van der Waals surface area contributed by atoms with E-state index in [0.717, 1.165) is 12.8 Å². The number of carbonyl (C=O) groups excluding carboxylic acids is 1. The number of carboxylic acid groups (broad SMARTS) is 1. The van der Waals surface area contributed by atoms with E-state index in [1.165, 1.54) is 0 Å². The lowest BCUT2D eigenvalue weighted by Gasteiger charge is -2.18. The summed E-state index contributed by atoms with van der Waals surface area (Å²) in [6, 6.07) is -0.913. The highest BCUT2D eigenvalue weighted by molar-refractivity contribution is 5.84. The molecule has 0 bridgehead atoms. The Morgan fingerprint density at radius 2 is 1.94 bits per heavy atom. The van der Waals surface area contributed by atoms with Gasteiger partial charge in [-0.3, -0.25) is 4.79 Å². The fraction of sp³-hybridized carbons (Fsp3) is 0.692. The van der Waals surface area contributed by atoms with E-state index in [4.69, 9.17) is 5.11 Å².